The molecule has 0 saturated carbocycles. The maximum Gasteiger partial charge on any atom is 0.139 e. The molecule has 2 heteroatoms. The van der Waals surface area contributed by atoms with E-state index < -0.39 is 0 Å². The summed E-state index contributed by atoms with van der Waals surface area (Å²) in [5, 5.41) is 0. The third kappa shape index (κ3) is 2.80. The summed E-state index contributed by atoms with van der Waals surface area (Å²) >= 11 is 0. The number of carbonyl (C=O) groups is 1. The Morgan fingerprint density at radius 2 is 1.77 bits per heavy atom. The summed E-state index contributed by atoms with van der Waals surface area (Å²) in [5.74, 6) is 1.39. The molecule has 1 saturated heterocycles. The predicted octanol–water partition coefficient (Wildman–Crippen LogP) is 2.27. The van der Waals surface area contributed by atoms with Crippen LogP contribution in [0.5, 0.6) is 0 Å². The molecule has 0 radical (unpaired) electrons. The van der Waals surface area contributed by atoms with Crippen LogP contribution >= 0.6 is 0 Å². The topological polar surface area (TPSA) is 26.3 Å². The Morgan fingerprint density at radius 3 is 2.23 bits per heavy atom. The number of hydrogen-bond donors (Lipinski definition) is 0. The van der Waals surface area contributed by atoms with Gasteiger partial charge in [0.15, 0.2) is 0 Å². The Hall–Kier alpha value is -0.370. The number of rotatable bonds is 3. The van der Waals surface area contributed by atoms with E-state index in [1.54, 1.807) is 0 Å². The van der Waals surface area contributed by atoms with Crippen LogP contribution in [0.25, 0.3) is 0 Å². The molecule has 1 rings (SSSR count). The predicted molar refractivity (Wildman–Crippen MR) is 52.6 cm³/mol. The Morgan fingerprint density at radius 1 is 1.23 bits per heavy atom. The van der Waals surface area contributed by atoms with Crippen molar-refractivity contribution >= 4 is 5.78 Å². The average molecular weight is 184 g/mol. The molecule has 1 aliphatic rings. The molecule has 1 aliphatic heterocycles. The van der Waals surface area contributed by atoms with Crippen LogP contribution < -0.4 is 0 Å². The highest BCUT2D eigenvalue weighted by atomic mass is 16.5. The van der Waals surface area contributed by atoms with Crippen LogP contribution in [0, 0.1) is 17.8 Å². The third-order valence-corrected chi connectivity index (χ3v) is 3.07. The van der Waals surface area contributed by atoms with Gasteiger partial charge in [-0.1, -0.05) is 20.8 Å². The van der Waals surface area contributed by atoms with Crippen molar-refractivity contribution in [2.24, 2.45) is 17.8 Å². The molecule has 1 heterocycles. The normalized spacial score (nSPS) is 21.8. The molecule has 0 N–H and O–H groups in total. The Balaban J connectivity index is 2.45. The highest BCUT2D eigenvalue weighted by Gasteiger charge is 2.27. The standard InChI is InChI=1S/C11H20O2/c1-8(2)9(3)11(12)10-4-6-13-7-5-10/h8-10H,4-7H2,1-3H3. The van der Waals surface area contributed by atoms with Gasteiger partial charge in [0.2, 0.25) is 0 Å². The molecule has 0 aliphatic carbocycles. The smallest absolute Gasteiger partial charge is 0.139 e. The molecule has 0 bridgehead atoms. The lowest BCUT2D eigenvalue weighted by atomic mass is 9.83. The fourth-order valence-corrected chi connectivity index (χ4v) is 1.68. The zero-order valence-corrected chi connectivity index (χ0v) is 8.88. The zero-order valence-electron chi connectivity index (χ0n) is 8.88. The van der Waals surface area contributed by atoms with E-state index >= 15 is 0 Å². The van der Waals surface area contributed by atoms with Gasteiger partial charge in [-0.3, -0.25) is 4.79 Å². The zero-order chi connectivity index (χ0) is 9.84. The number of ketones is 1. The van der Waals surface area contributed by atoms with Gasteiger partial charge in [0.1, 0.15) is 5.78 Å². The van der Waals surface area contributed by atoms with Gasteiger partial charge >= 0.3 is 0 Å². The van der Waals surface area contributed by atoms with Crippen molar-refractivity contribution in [2.45, 2.75) is 33.6 Å². The van der Waals surface area contributed by atoms with Crippen LogP contribution in [0.15, 0.2) is 0 Å². The largest absolute Gasteiger partial charge is 0.381 e. The SMILES string of the molecule is CC(C)C(C)C(=O)C1CCOCC1. The summed E-state index contributed by atoms with van der Waals surface area (Å²) in [6.45, 7) is 7.80. The van der Waals surface area contributed by atoms with E-state index in [1.807, 2.05) is 6.92 Å². The van der Waals surface area contributed by atoms with Gasteiger partial charge in [-0.2, -0.15) is 0 Å². The second-order valence-corrected chi connectivity index (χ2v) is 4.32. The number of carbonyl (C=O) groups excluding carboxylic acids is 1. The molecule has 13 heavy (non-hydrogen) atoms. The molecule has 1 atom stereocenters. The van der Waals surface area contributed by atoms with Crippen LogP contribution in [0.1, 0.15) is 33.6 Å². The van der Waals surface area contributed by atoms with Crippen LogP contribution in [-0.4, -0.2) is 19.0 Å². The van der Waals surface area contributed by atoms with Crippen molar-refractivity contribution in [1.82, 2.24) is 0 Å². The Kier molecular flexibility index (Phi) is 3.91. The minimum absolute atomic E-state index is 0.211. The molecular formula is C11H20O2. The molecule has 0 aromatic rings. The minimum Gasteiger partial charge on any atom is -0.381 e. The first-order valence-corrected chi connectivity index (χ1v) is 5.24. The summed E-state index contributed by atoms with van der Waals surface area (Å²) in [7, 11) is 0. The van der Waals surface area contributed by atoms with Crippen LogP contribution in [0.3, 0.4) is 0 Å². The quantitative estimate of drug-likeness (QED) is 0.672. The Labute approximate surface area is 80.7 Å². The van der Waals surface area contributed by atoms with Crippen molar-refractivity contribution < 1.29 is 9.53 Å². The second-order valence-electron chi connectivity index (χ2n) is 4.32. The fraction of sp³-hybridized carbons (Fsp3) is 0.909. The molecule has 0 spiro atoms. The monoisotopic (exact) mass is 184 g/mol. The Bertz CT molecular complexity index is 169. The van der Waals surface area contributed by atoms with Gasteiger partial charge in [0.05, 0.1) is 0 Å². The lowest BCUT2D eigenvalue weighted by Crippen LogP contribution is -2.29. The van der Waals surface area contributed by atoms with Crippen molar-refractivity contribution in [3.05, 3.63) is 0 Å². The van der Waals surface area contributed by atoms with Crippen molar-refractivity contribution in [2.75, 3.05) is 13.2 Å². The lowest BCUT2D eigenvalue weighted by Gasteiger charge is -2.25. The minimum atomic E-state index is 0.211. The third-order valence-electron chi connectivity index (χ3n) is 3.07. The molecule has 0 aromatic heterocycles. The maximum atomic E-state index is 11.9. The van der Waals surface area contributed by atoms with Gasteiger partial charge in [0.25, 0.3) is 0 Å². The van der Waals surface area contributed by atoms with E-state index in [-0.39, 0.29) is 11.8 Å². The van der Waals surface area contributed by atoms with E-state index in [9.17, 15) is 4.79 Å². The molecule has 0 amide bonds. The molecule has 0 aromatic carbocycles. The van der Waals surface area contributed by atoms with Crippen molar-refractivity contribution in [3.63, 3.8) is 0 Å². The maximum absolute atomic E-state index is 11.9. The molecule has 76 valence electrons. The van der Waals surface area contributed by atoms with Crippen LogP contribution in [0.2, 0.25) is 0 Å². The summed E-state index contributed by atoms with van der Waals surface area (Å²) in [6, 6.07) is 0. The van der Waals surface area contributed by atoms with Crippen LogP contribution in [-0.2, 0) is 9.53 Å². The van der Waals surface area contributed by atoms with Gasteiger partial charge in [-0.15, -0.1) is 0 Å². The summed E-state index contributed by atoms with van der Waals surface area (Å²) in [5.41, 5.74) is 0. The van der Waals surface area contributed by atoms with Gasteiger partial charge in [0, 0.05) is 25.0 Å². The number of Topliss-reactive ketones (excluding diaryl/α,β-unsaturated/α-hetero) is 1. The van der Waals surface area contributed by atoms with Crippen LogP contribution in [0.4, 0.5) is 0 Å². The van der Waals surface area contributed by atoms with Gasteiger partial charge in [-0.05, 0) is 18.8 Å². The highest BCUT2D eigenvalue weighted by molar-refractivity contribution is 5.83. The molecular weight excluding hydrogens is 164 g/mol. The average Bonchev–Trinajstić information content (AvgIpc) is 2.17. The molecule has 1 fully saturated rings. The fourth-order valence-electron chi connectivity index (χ4n) is 1.68. The van der Waals surface area contributed by atoms with E-state index in [0.717, 1.165) is 26.1 Å². The van der Waals surface area contributed by atoms with E-state index in [0.29, 0.717) is 11.7 Å². The molecule has 1 unspecified atom stereocenters. The van der Waals surface area contributed by atoms with Gasteiger partial charge < -0.3 is 4.74 Å². The summed E-state index contributed by atoms with van der Waals surface area (Å²) < 4.78 is 5.24. The highest BCUT2D eigenvalue weighted by Crippen LogP contribution is 2.23. The summed E-state index contributed by atoms with van der Waals surface area (Å²) in [6.07, 6.45) is 1.85. The first-order chi connectivity index (χ1) is 6.13. The first-order valence-electron chi connectivity index (χ1n) is 5.24. The summed E-state index contributed by atoms with van der Waals surface area (Å²) in [4.78, 5) is 11.9. The first kappa shape index (κ1) is 10.7. The van der Waals surface area contributed by atoms with E-state index in [2.05, 4.69) is 13.8 Å². The lowest BCUT2D eigenvalue weighted by molar-refractivity contribution is -0.130. The van der Waals surface area contributed by atoms with E-state index in [4.69, 9.17) is 4.74 Å². The van der Waals surface area contributed by atoms with Crippen molar-refractivity contribution in [1.29, 1.82) is 0 Å². The number of ether oxygens (including phenoxy) is 1. The van der Waals surface area contributed by atoms with Crippen molar-refractivity contribution in [3.8, 4) is 0 Å². The number of hydrogen-bond acceptors (Lipinski definition) is 2. The second kappa shape index (κ2) is 4.75. The van der Waals surface area contributed by atoms with E-state index in [1.165, 1.54) is 0 Å². The van der Waals surface area contributed by atoms with Gasteiger partial charge in [-0.25, -0.2) is 0 Å². The molecule has 2 nitrogen and oxygen atoms in total.